The lowest BCUT2D eigenvalue weighted by molar-refractivity contribution is -0.137. The van der Waals surface area contributed by atoms with Crippen molar-refractivity contribution in [2.24, 2.45) is 5.92 Å². The van der Waals surface area contributed by atoms with Crippen LogP contribution in [0.15, 0.2) is 24.3 Å². The number of ether oxygens (including phenoxy) is 1. The summed E-state index contributed by atoms with van der Waals surface area (Å²) in [5, 5.41) is 3.21. The zero-order chi connectivity index (χ0) is 13.2. The van der Waals surface area contributed by atoms with Gasteiger partial charge in [0.25, 0.3) is 0 Å². The normalized spacial score (nSPS) is 21.9. The van der Waals surface area contributed by atoms with E-state index in [1.807, 2.05) is 6.92 Å². The van der Waals surface area contributed by atoms with E-state index in [1.165, 1.54) is 6.07 Å². The largest absolute Gasteiger partial charge is 0.490 e. The van der Waals surface area contributed by atoms with Crippen LogP contribution in [0.2, 0.25) is 0 Å². The molecular weight excluding hydrogens is 243 g/mol. The fraction of sp³-hybridized carbons (Fsp3) is 0.538. The summed E-state index contributed by atoms with van der Waals surface area (Å²) in [6.45, 7) is 3.71. The van der Waals surface area contributed by atoms with Gasteiger partial charge in [-0.25, -0.2) is 0 Å². The van der Waals surface area contributed by atoms with Crippen molar-refractivity contribution >= 4 is 0 Å². The summed E-state index contributed by atoms with van der Waals surface area (Å²) in [6, 6.07) is 5.04. The van der Waals surface area contributed by atoms with Gasteiger partial charge in [0.15, 0.2) is 0 Å². The van der Waals surface area contributed by atoms with E-state index in [-0.39, 0.29) is 11.9 Å². The SMILES string of the molecule is CC(Oc1cccc(C(F)(F)F)c1)C1CCNC1. The average molecular weight is 259 g/mol. The Bertz CT molecular complexity index is 399. The lowest BCUT2D eigenvalue weighted by Gasteiger charge is -2.20. The van der Waals surface area contributed by atoms with Crippen LogP contribution >= 0.6 is 0 Å². The molecule has 0 spiro atoms. The number of hydrogen-bond donors (Lipinski definition) is 1. The first-order valence-electron chi connectivity index (χ1n) is 6.01. The van der Waals surface area contributed by atoms with E-state index in [1.54, 1.807) is 6.07 Å². The molecule has 0 radical (unpaired) electrons. The van der Waals surface area contributed by atoms with Crippen molar-refractivity contribution in [2.75, 3.05) is 13.1 Å². The molecule has 2 rings (SSSR count). The van der Waals surface area contributed by atoms with E-state index < -0.39 is 11.7 Å². The van der Waals surface area contributed by atoms with Crippen molar-refractivity contribution in [3.63, 3.8) is 0 Å². The lowest BCUT2D eigenvalue weighted by Crippen LogP contribution is -2.25. The molecule has 2 unspecified atom stereocenters. The third-order valence-corrected chi connectivity index (χ3v) is 3.25. The fourth-order valence-electron chi connectivity index (χ4n) is 2.13. The summed E-state index contributed by atoms with van der Waals surface area (Å²) >= 11 is 0. The molecule has 1 aromatic rings. The molecule has 0 amide bonds. The first-order chi connectivity index (χ1) is 8.47. The number of halogens is 3. The molecule has 1 aliphatic rings. The van der Waals surface area contributed by atoms with Gasteiger partial charge in [0.05, 0.1) is 11.7 Å². The van der Waals surface area contributed by atoms with E-state index in [9.17, 15) is 13.2 Å². The van der Waals surface area contributed by atoms with Gasteiger partial charge in [0.2, 0.25) is 0 Å². The monoisotopic (exact) mass is 259 g/mol. The Hall–Kier alpha value is -1.23. The summed E-state index contributed by atoms with van der Waals surface area (Å²) in [5.74, 6) is 0.642. The molecule has 100 valence electrons. The Balaban J connectivity index is 2.04. The summed E-state index contributed by atoms with van der Waals surface area (Å²) in [4.78, 5) is 0. The molecular formula is C13H16F3NO. The molecule has 1 aliphatic heterocycles. The number of alkyl halides is 3. The highest BCUT2D eigenvalue weighted by Gasteiger charge is 2.31. The van der Waals surface area contributed by atoms with E-state index in [2.05, 4.69) is 5.32 Å². The minimum absolute atomic E-state index is 0.0801. The number of nitrogens with one attached hydrogen (secondary N) is 1. The summed E-state index contributed by atoms with van der Waals surface area (Å²) in [5.41, 5.74) is -0.670. The summed E-state index contributed by atoms with van der Waals surface area (Å²) in [7, 11) is 0. The predicted octanol–water partition coefficient (Wildman–Crippen LogP) is 3.08. The van der Waals surface area contributed by atoms with Crippen molar-refractivity contribution < 1.29 is 17.9 Å². The zero-order valence-electron chi connectivity index (χ0n) is 10.1. The minimum Gasteiger partial charge on any atom is -0.490 e. The molecule has 0 saturated carbocycles. The first kappa shape index (κ1) is 13.2. The van der Waals surface area contributed by atoms with Gasteiger partial charge in [-0.3, -0.25) is 0 Å². The predicted molar refractivity (Wildman–Crippen MR) is 62.5 cm³/mol. The Morgan fingerprint density at radius 3 is 2.78 bits per heavy atom. The van der Waals surface area contributed by atoms with Gasteiger partial charge in [-0.1, -0.05) is 6.07 Å². The highest BCUT2D eigenvalue weighted by molar-refractivity contribution is 5.30. The topological polar surface area (TPSA) is 21.3 Å². The van der Waals surface area contributed by atoms with Crippen molar-refractivity contribution in [2.45, 2.75) is 25.6 Å². The first-order valence-corrected chi connectivity index (χ1v) is 6.01. The maximum Gasteiger partial charge on any atom is 0.416 e. The highest BCUT2D eigenvalue weighted by atomic mass is 19.4. The van der Waals surface area contributed by atoms with Crippen molar-refractivity contribution in [3.8, 4) is 5.75 Å². The van der Waals surface area contributed by atoms with Crippen molar-refractivity contribution in [3.05, 3.63) is 29.8 Å². The van der Waals surface area contributed by atoms with Gasteiger partial charge in [0, 0.05) is 12.5 Å². The van der Waals surface area contributed by atoms with Gasteiger partial charge in [-0.15, -0.1) is 0 Å². The summed E-state index contributed by atoms with van der Waals surface area (Å²) in [6.07, 6.45) is -3.40. The van der Waals surface area contributed by atoms with Crippen molar-refractivity contribution in [1.82, 2.24) is 5.32 Å². The molecule has 1 saturated heterocycles. The number of benzene rings is 1. The quantitative estimate of drug-likeness (QED) is 0.900. The fourth-order valence-corrected chi connectivity index (χ4v) is 2.13. The third-order valence-electron chi connectivity index (χ3n) is 3.25. The Labute approximate surface area is 104 Å². The van der Waals surface area contributed by atoms with Gasteiger partial charge < -0.3 is 10.1 Å². The van der Waals surface area contributed by atoms with E-state index in [0.717, 1.165) is 31.6 Å². The maximum atomic E-state index is 12.5. The van der Waals surface area contributed by atoms with Crippen LogP contribution in [-0.4, -0.2) is 19.2 Å². The molecule has 2 nitrogen and oxygen atoms in total. The molecule has 5 heteroatoms. The van der Waals surface area contributed by atoms with Crippen LogP contribution in [0.25, 0.3) is 0 Å². The molecule has 0 aromatic heterocycles. The van der Waals surface area contributed by atoms with Crippen LogP contribution in [0.5, 0.6) is 5.75 Å². The average Bonchev–Trinajstić information content (AvgIpc) is 2.81. The van der Waals surface area contributed by atoms with Gasteiger partial charge in [-0.05, 0) is 38.1 Å². The van der Waals surface area contributed by atoms with Crippen LogP contribution in [-0.2, 0) is 6.18 Å². The van der Waals surface area contributed by atoms with Gasteiger partial charge in [-0.2, -0.15) is 13.2 Å². The zero-order valence-corrected chi connectivity index (χ0v) is 10.1. The molecule has 1 heterocycles. The molecule has 1 aromatic carbocycles. The van der Waals surface area contributed by atoms with Gasteiger partial charge in [0.1, 0.15) is 5.75 Å². The Morgan fingerprint density at radius 2 is 2.17 bits per heavy atom. The second-order valence-corrected chi connectivity index (χ2v) is 4.60. The third kappa shape index (κ3) is 3.16. The molecule has 18 heavy (non-hydrogen) atoms. The minimum atomic E-state index is -4.32. The number of hydrogen-bond acceptors (Lipinski definition) is 2. The second-order valence-electron chi connectivity index (χ2n) is 4.60. The lowest BCUT2D eigenvalue weighted by atomic mass is 10.0. The standard InChI is InChI=1S/C13H16F3NO/c1-9(10-5-6-17-8-10)18-12-4-2-3-11(7-12)13(14,15)16/h2-4,7,9-10,17H,5-6,8H2,1H3. The summed E-state index contributed by atoms with van der Waals surface area (Å²) < 4.78 is 43.2. The highest BCUT2D eigenvalue weighted by Crippen LogP contribution is 2.32. The Kier molecular flexibility index (Phi) is 3.80. The van der Waals surface area contributed by atoms with Crippen LogP contribution in [0, 0.1) is 5.92 Å². The van der Waals surface area contributed by atoms with E-state index >= 15 is 0 Å². The van der Waals surface area contributed by atoms with E-state index in [0.29, 0.717) is 5.92 Å². The van der Waals surface area contributed by atoms with Gasteiger partial charge >= 0.3 is 6.18 Å². The molecule has 0 bridgehead atoms. The van der Waals surface area contributed by atoms with Crippen LogP contribution in [0.3, 0.4) is 0 Å². The van der Waals surface area contributed by atoms with Crippen molar-refractivity contribution in [1.29, 1.82) is 0 Å². The van der Waals surface area contributed by atoms with Crippen LogP contribution < -0.4 is 10.1 Å². The van der Waals surface area contributed by atoms with Crippen LogP contribution in [0.1, 0.15) is 18.9 Å². The van der Waals surface area contributed by atoms with Crippen LogP contribution in [0.4, 0.5) is 13.2 Å². The number of rotatable bonds is 3. The Morgan fingerprint density at radius 1 is 1.39 bits per heavy atom. The maximum absolute atomic E-state index is 12.5. The molecule has 1 N–H and O–H groups in total. The smallest absolute Gasteiger partial charge is 0.416 e. The molecule has 0 aliphatic carbocycles. The molecule has 1 fully saturated rings. The molecule has 2 atom stereocenters. The second kappa shape index (κ2) is 5.18. The van der Waals surface area contributed by atoms with E-state index in [4.69, 9.17) is 4.74 Å².